The van der Waals surface area contributed by atoms with Crippen LogP contribution in [0.25, 0.3) is 0 Å². The Morgan fingerprint density at radius 1 is 0.447 bits per heavy atom. The minimum atomic E-state index is -2.58. The van der Waals surface area contributed by atoms with Gasteiger partial charge in [0, 0.05) is 0 Å². The van der Waals surface area contributed by atoms with Crippen LogP contribution in [0, 0.1) is 58.2 Å². The molecule has 0 aromatic heterocycles. The average molecular weight is 556 g/mol. The molecule has 0 amide bonds. The third-order valence-corrected chi connectivity index (χ3v) is 4.55. The molecule has 0 unspecified atom stereocenters. The number of carbonyl (C=O) groups is 3. The Kier molecular flexibility index (Phi) is 7.64. The molecule has 0 saturated heterocycles. The second-order valence-electron chi connectivity index (χ2n) is 6.87. The topological polar surface area (TPSA) is 78.9 Å². The van der Waals surface area contributed by atoms with Crippen molar-refractivity contribution < 1.29 is 72.5 Å². The molecule has 0 spiro atoms. The van der Waals surface area contributed by atoms with Crippen LogP contribution in [0.3, 0.4) is 0 Å². The van der Waals surface area contributed by atoms with E-state index in [1.54, 1.807) is 0 Å². The van der Waals surface area contributed by atoms with Gasteiger partial charge in [-0.05, 0) is 18.2 Å². The largest absolute Gasteiger partial charge is 0.465 e. The highest BCUT2D eigenvalue weighted by Crippen LogP contribution is 2.31. The highest BCUT2D eigenvalue weighted by molar-refractivity contribution is 6.01. The fraction of sp³-hybridized carbons (Fsp3) is 0.0455. The van der Waals surface area contributed by atoms with E-state index in [4.69, 9.17) is 0 Å². The van der Waals surface area contributed by atoms with Gasteiger partial charge in [-0.1, -0.05) is 0 Å². The van der Waals surface area contributed by atoms with Crippen LogP contribution in [0.15, 0.2) is 18.2 Å². The summed E-state index contributed by atoms with van der Waals surface area (Å²) in [6.07, 6.45) is 0. The Bertz CT molecular complexity index is 1360. The van der Waals surface area contributed by atoms with E-state index in [9.17, 15) is 58.3 Å². The van der Waals surface area contributed by atoms with Crippen molar-refractivity contribution in [3.05, 3.63) is 93.1 Å². The number of esters is 3. The number of ether oxygens (including phenoxy) is 3. The molecule has 38 heavy (non-hydrogen) atoms. The lowest BCUT2D eigenvalue weighted by molar-refractivity contribution is 0.0600. The minimum Gasteiger partial charge on any atom is -0.465 e. The van der Waals surface area contributed by atoms with Gasteiger partial charge in [0.1, 0.15) is 0 Å². The molecule has 0 radical (unpaired) electrons. The maximum atomic E-state index is 13.9. The summed E-state index contributed by atoms with van der Waals surface area (Å²) in [5.41, 5.74) is -2.80. The van der Waals surface area contributed by atoms with Crippen molar-refractivity contribution in [2.75, 3.05) is 7.11 Å². The number of methoxy groups -OCH3 is 1. The van der Waals surface area contributed by atoms with E-state index >= 15 is 0 Å². The number of hydrogen-bond donors (Lipinski definition) is 0. The van der Waals surface area contributed by atoms with Gasteiger partial charge in [0.2, 0.25) is 69.7 Å². The third-order valence-electron chi connectivity index (χ3n) is 4.55. The molecule has 0 aliphatic rings. The third kappa shape index (κ3) is 4.83. The van der Waals surface area contributed by atoms with E-state index in [0.29, 0.717) is 18.2 Å². The van der Waals surface area contributed by atoms with E-state index in [2.05, 4.69) is 14.2 Å². The first kappa shape index (κ1) is 27.9. The van der Waals surface area contributed by atoms with Gasteiger partial charge in [0.25, 0.3) is 0 Å². The van der Waals surface area contributed by atoms with E-state index in [0.717, 1.165) is 7.11 Å². The standard InChI is InChI=1S/C22H6F10O6/c1-36-20(33)5-2-6(21(34)37-18-14(29)10(25)8(23)11(26)15(18)30)4-7(3-5)22(35)38-19-16(31)12(27)9(24)13(28)17(19)32/h2-4H,1H3. The molecule has 0 atom stereocenters. The van der Waals surface area contributed by atoms with Crippen LogP contribution in [-0.4, -0.2) is 25.0 Å². The number of benzene rings is 3. The van der Waals surface area contributed by atoms with Crippen molar-refractivity contribution in [3.8, 4) is 11.5 Å². The Morgan fingerprint density at radius 3 is 0.947 bits per heavy atom. The van der Waals surface area contributed by atoms with Crippen LogP contribution in [-0.2, 0) is 4.74 Å². The van der Waals surface area contributed by atoms with E-state index in [1.165, 1.54) is 0 Å². The SMILES string of the molecule is COC(=O)c1cc(C(=O)Oc2c(F)c(F)c(F)c(F)c2F)cc(C(=O)Oc2c(F)c(F)c(F)c(F)c2F)c1. The fourth-order valence-electron chi connectivity index (χ4n) is 2.75. The van der Waals surface area contributed by atoms with E-state index < -0.39 is 104 Å². The molecule has 200 valence electrons. The lowest BCUT2D eigenvalue weighted by Crippen LogP contribution is -2.18. The first-order valence-corrected chi connectivity index (χ1v) is 9.41. The summed E-state index contributed by atoms with van der Waals surface area (Å²) < 4.78 is 148. The summed E-state index contributed by atoms with van der Waals surface area (Å²) in [6, 6.07) is 1.44. The summed E-state index contributed by atoms with van der Waals surface area (Å²) >= 11 is 0. The zero-order valence-electron chi connectivity index (χ0n) is 18.0. The Balaban J connectivity index is 2.07. The minimum absolute atomic E-state index is 0.370. The molecule has 0 fully saturated rings. The predicted molar refractivity (Wildman–Crippen MR) is 100 cm³/mol. The molecule has 6 nitrogen and oxygen atoms in total. The highest BCUT2D eigenvalue weighted by atomic mass is 19.2. The van der Waals surface area contributed by atoms with Crippen LogP contribution in [0.1, 0.15) is 31.1 Å². The maximum Gasteiger partial charge on any atom is 0.343 e. The highest BCUT2D eigenvalue weighted by Gasteiger charge is 2.31. The van der Waals surface area contributed by atoms with Crippen LogP contribution in [0.5, 0.6) is 11.5 Å². The van der Waals surface area contributed by atoms with Gasteiger partial charge in [-0.3, -0.25) is 0 Å². The molecule has 3 aromatic rings. The molecule has 3 rings (SSSR count). The number of halogens is 10. The van der Waals surface area contributed by atoms with Crippen molar-refractivity contribution in [1.82, 2.24) is 0 Å². The molecule has 0 heterocycles. The molecule has 16 heteroatoms. The molecular formula is C22H6F10O6. The number of carbonyl (C=O) groups excluding carboxylic acids is 3. The molecule has 0 saturated carbocycles. The van der Waals surface area contributed by atoms with Crippen molar-refractivity contribution >= 4 is 17.9 Å². The van der Waals surface area contributed by atoms with Crippen molar-refractivity contribution in [3.63, 3.8) is 0 Å². The smallest absolute Gasteiger partial charge is 0.343 e. The van der Waals surface area contributed by atoms with Crippen LogP contribution in [0.4, 0.5) is 43.9 Å². The summed E-state index contributed by atoms with van der Waals surface area (Å²) in [5.74, 6) is -34.7. The maximum absolute atomic E-state index is 13.9. The summed E-state index contributed by atoms with van der Waals surface area (Å²) in [6.45, 7) is 0. The Labute approximate surface area is 202 Å². The molecular weight excluding hydrogens is 550 g/mol. The second kappa shape index (κ2) is 10.4. The lowest BCUT2D eigenvalue weighted by Gasteiger charge is -2.12. The quantitative estimate of drug-likeness (QED) is 0.140. The van der Waals surface area contributed by atoms with Crippen LogP contribution >= 0.6 is 0 Å². The van der Waals surface area contributed by atoms with Crippen LogP contribution < -0.4 is 9.47 Å². The molecule has 0 aliphatic heterocycles. The molecule has 0 N–H and O–H groups in total. The number of hydrogen-bond acceptors (Lipinski definition) is 6. The zero-order valence-corrected chi connectivity index (χ0v) is 18.0. The van der Waals surface area contributed by atoms with E-state index in [-0.39, 0.29) is 0 Å². The second-order valence-corrected chi connectivity index (χ2v) is 6.87. The van der Waals surface area contributed by atoms with Crippen LogP contribution in [0.2, 0.25) is 0 Å². The van der Waals surface area contributed by atoms with Crippen molar-refractivity contribution in [1.29, 1.82) is 0 Å². The Hall–Kier alpha value is -4.63. The monoisotopic (exact) mass is 556 g/mol. The molecule has 3 aromatic carbocycles. The summed E-state index contributed by atoms with van der Waals surface area (Å²) in [7, 11) is 0.801. The molecule has 0 bridgehead atoms. The summed E-state index contributed by atoms with van der Waals surface area (Å²) in [4.78, 5) is 36.7. The van der Waals surface area contributed by atoms with Crippen molar-refractivity contribution in [2.24, 2.45) is 0 Å². The zero-order chi connectivity index (χ0) is 28.6. The predicted octanol–water partition coefficient (Wildman–Crippen LogP) is 5.30. The normalized spacial score (nSPS) is 10.8. The van der Waals surface area contributed by atoms with Gasteiger partial charge in [-0.25, -0.2) is 40.7 Å². The lowest BCUT2D eigenvalue weighted by atomic mass is 10.1. The van der Waals surface area contributed by atoms with Crippen molar-refractivity contribution in [2.45, 2.75) is 0 Å². The first-order chi connectivity index (χ1) is 17.7. The fourth-order valence-corrected chi connectivity index (χ4v) is 2.75. The molecule has 0 aliphatic carbocycles. The van der Waals surface area contributed by atoms with Gasteiger partial charge >= 0.3 is 17.9 Å². The first-order valence-electron chi connectivity index (χ1n) is 9.41. The van der Waals surface area contributed by atoms with Gasteiger partial charge < -0.3 is 14.2 Å². The van der Waals surface area contributed by atoms with Gasteiger partial charge in [-0.2, -0.15) is 17.6 Å². The van der Waals surface area contributed by atoms with E-state index in [1.807, 2.05) is 0 Å². The van der Waals surface area contributed by atoms with Gasteiger partial charge in [0.05, 0.1) is 23.8 Å². The number of rotatable bonds is 5. The summed E-state index contributed by atoms with van der Waals surface area (Å²) in [5, 5.41) is 0. The van der Waals surface area contributed by atoms with Gasteiger partial charge in [-0.15, -0.1) is 0 Å². The van der Waals surface area contributed by atoms with Gasteiger partial charge in [0.15, 0.2) is 0 Å². The average Bonchev–Trinajstić information content (AvgIpc) is 2.92. The Morgan fingerprint density at radius 2 is 0.684 bits per heavy atom.